The summed E-state index contributed by atoms with van der Waals surface area (Å²) in [6, 6.07) is 0. The van der Waals surface area contributed by atoms with Crippen molar-refractivity contribution >= 4 is 23.7 Å². The van der Waals surface area contributed by atoms with Gasteiger partial charge in [-0.2, -0.15) is 0 Å². The molecule has 14 nitrogen and oxygen atoms in total. The van der Waals surface area contributed by atoms with Crippen LogP contribution in [0.3, 0.4) is 0 Å². The van der Waals surface area contributed by atoms with Crippen LogP contribution in [0.25, 0.3) is 0 Å². The molecule has 2 saturated heterocycles. The third-order valence-corrected chi connectivity index (χ3v) is 14.2. The SMILES string of the molecule is CC(=O)O[C@@H]1CC[C@@]2(C)[C@@H](CC=C3[C@@H]2C[C@H](O)[C@@]2(C)[C@H]4[C@H](C[C@]32CO)OC(=O)[C@@H]4CC(=O)C=C(C)C)[C@]1(C)C(=O)O[C@@H]1O[C@H](CO)[C@@H](O)[C@H](O)[C@H]1O. The molecule has 2 aliphatic heterocycles. The van der Waals surface area contributed by atoms with Gasteiger partial charge in [0.15, 0.2) is 5.78 Å². The van der Waals surface area contributed by atoms with E-state index in [0.717, 1.165) is 11.1 Å². The molecular weight excluding hydrogens is 680 g/mol. The summed E-state index contributed by atoms with van der Waals surface area (Å²) < 4.78 is 22.9. The standard InChI is InChI=1S/C38H54O14/c1-17(2)11-19(42)12-20-28-23(50-32(20)47)14-38(16-40)21-7-8-25-35(4,22(21)13-26(43)37(28,38)6)10-9-27(49-18(3)41)36(25,5)34(48)52-33-31(46)30(45)29(44)24(15-39)51-33/h7,11,20,22-31,33,39-40,43-46H,8-10,12-16H2,1-6H3/t20-,22+,23+,24-,25-,26+,27-,28-,29-,30+,31-,33+,35-,36+,37+,38+/m1/s1. The maximum atomic E-state index is 14.4. The number of ketones is 1. The highest BCUT2D eigenvalue weighted by atomic mass is 16.7. The smallest absolute Gasteiger partial charge is 0.318 e. The van der Waals surface area contributed by atoms with Gasteiger partial charge in [-0.15, -0.1) is 0 Å². The van der Waals surface area contributed by atoms with E-state index < -0.39 is 113 Å². The molecule has 3 saturated carbocycles. The average Bonchev–Trinajstić information content (AvgIpc) is 3.52. The van der Waals surface area contributed by atoms with Crippen LogP contribution < -0.4 is 0 Å². The van der Waals surface area contributed by atoms with Crippen molar-refractivity contribution in [3.63, 3.8) is 0 Å². The van der Waals surface area contributed by atoms with Crippen LogP contribution in [0.15, 0.2) is 23.3 Å². The zero-order valence-corrected chi connectivity index (χ0v) is 30.7. The lowest BCUT2D eigenvalue weighted by Gasteiger charge is -2.65. The van der Waals surface area contributed by atoms with Gasteiger partial charge in [-0.25, -0.2) is 0 Å². The molecule has 14 heteroatoms. The Morgan fingerprint density at radius 2 is 1.69 bits per heavy atom. The third kappa shape index (κ3) is 5.53. The Bertz CT molecular complexity index is 1530. The number of hydrogen-bond acceptors (Lipinski definition) is 14. The van der Waals surface area contributed by atoms with Crippen LogP contribution in [-0.4, -0.2) is 117 Å². The van der Waals surface area contributed by atoms with Gasteiger partial charge in [0, 0.05) is 30.1 Å². The Kier molecular flexibility index (Phi) is 10.2. The lowest BCUT2D eigenvalue weighted by molar-refractivity contribution is -0.299. The van der Waals surface area contributed by atoms with Gasteiger partial charge < -0.3 is 49.6 Å². The van der Waals surface area contributed by atoms with Crippen LogP contribution in [0.2, 0.25) is 0 Å². The highest BCUT2D eigenvalue weighted by molar-refractivity contribution is 5.93. The lowest BCUT2D eigenvalue weighted by atomic mass is 9.40. The molecule has 6 aliphatic rings. The van der Waals surface area contributed by atoms with Gasteiger partial charge in [-0.05, 0) is 76.2 Å². The number of allylic oxidation sites excluding steroid dienone is 3. The predicted molar refractivity (Wildman–Crippen MR) is 179 cm³/mol. The monoisotopic (exact) mass is 734 g/mol. The topological polar surface area (TPSA) is 227 Å². The minimum atomic E-state index is -1.84. The van der Waals surface area contributed by atoms with Gasteiger partial charge in [0.05, 0.1) is 25.2 Å². The fraction of sp³-hybridized carbons (Fsp3) is 0.789. The minimum absolute atomic E-state index is 0.0658. The Balaban J connectivity index is 1.38. The van der Waals surface area contributed by atoms with Gasteiger partial charge in [0.1, 0.15) is 42.0 Å². The van der Waals surface area contributed by atoms with Crippen molar-refractivity contribution in [1.29, 1.82) is 0 Å². The molecule has 6 rings (SSSR count). The van der Waals surface area contributed by atoms with Gasteiger partial charge in [0.2, 0.25) is 6.29 Å². The summed E-state index contributed by atoms with van der Waals surface area (Å²) in [6.45, 7) is 9.33. The Morgan fingerprint density at radius 1 is 1.00 bits per heavy atom. The first-order valence-electron chi connectivity index (χ1n) is 18.4. The first kappa shape index (κ1) is 39.0. The van der Waals surface area contributed by atoms with Crippen LogP contribution in [0.1, 0.15) is 80.1 Å². The quantitative estimate of drug-likeness (QED) is 0.0881. The second-order valence-electron chi connectivity index (χ2n) is 17.0. The van der Waals surface area contributed by atoms with E-state index in [1.54, 1.807) is 20.8 Å². The Hall–Kier alpha value is -2.72. The summed E-state index contributed by atoms with van der Waals surface area (Å²) >= 11 is 0. The Morgan fingerprint density at radius 3 is 2.31 bits per heavy atom. The molecule has 6 N–H and O–H groups in total. The van der Waals surface area contributed by atoms with E-state index >= 15 is 0 Å². The molecule has 0 aromatic rings. The molecular formula is C38H54O14. The van der Waals surface area contributed by atoms with E-state index in [-0.39, 0.29) is 50.4 Å². The molecule has 0 amide bonds. The summed E-state index contributed by atoms with van der Waals surface area (Å²) in [5.74, 6) is -4.39. The highest BCUT2D eigenvalue weighted by Gasteiger charge is 2.76. The predicted octanol–water partition coefficient (Wildman–Crippen LogP) is 0.867. The number of carbonyl (C=O) groups is 4. The maximum Gasteiger partial charge on any atom is 0.318 e. The van der Waals surface area contributed by atoms with Crippen molar-refractivity contribution in [2.75, 3.05) is 13.2 Å². The number of hydrogen-bond donors (Lipinski definition) is 6. The number of esters is 3. The summed E-state index contributed by atoms with van der Waals surface area (Å²) in [6.07, 6.45) is -5.99. The molecule has 290 valence electrons. The van der Waals surface area contributed by atoms with E-state index in [2.05, 4.69) is 0 Å². The van der Waals surface area contributed by atoms with E-state index in [1.165, 1.54) is 13.0 Å². The van der Waals surface area contributed by atoms with Crippen LogP contribution in [0, 0.1) is 45.3 Å². The van der Waals surface area contributed by atoms with Crippen LogP contribution in [0.5, 0.6) is 0 Å². The maximum absolute atomic E-state index is 14.4. The van der Waals surface area contributed by atoms with E-state index in [1.807, 2.05) is 19.9 Å². The van der Waals surface area contributed by atoms with E-state index in [0.29, 0.717) is 6.42 Å². The summed E-state index contributed by atoms with van der Waals surface area (Å²) in [5, 5.41) is 64.7. The van der Waals surface area contributed by atoms with Crippen molar-refractivity contribution in [2.24, 2.45) is 45.3 Å². The zero-order valence-electron chi connectivity index (χ0n) is 30.7. The van der Waals surface area contributed by atoms with E-state index in [9.17, 15) is 49.8 Å². The van der Waals surface area contributed by atoms with Crippen molar-refractivity contribution in [3.8, 4) is 0 Å². The average molecular weight is 735 g/mol. The zero-order chi connectivity index (χ0) is 38.3. The number of carbonyl (C=O) groups excluding carboxylic acids is 4. The van der Waals surface area contributed by atoms with Crippen LogP contribution >= 0.6 is 0 Å². The summed E-state index contributed by atoms with van der Waals surface area (Å²) in [7, 11) is 0. The lowest BCUT2D eigenvalue weighted by Crippen LogP contribution is -2.66. The van der Waals surface area contributed by atoms with Crippen LogP contribution in [0.4, 0.5) is 0 Å². The third-order valence-electron chi connectivity index (χ3n) is 14.2. The fourth-order valence-corrected chi connectivity index (χ4v) is 11.6. The van der Waals surface area contributed by atoms with Crippen molar-refractivity contribution in [3.05, 3.63) is 23.3 Å². The normalized spacial score (nSPS) is 47.8. The molecule has 0 spiro atoms. The van der Waals surface area contributed by atoms with E-state index in [4.69, 9.17) is 18.9 Å². The van der Waals surface area contributed by atoms with Gasteiger partial charge in [-0.1, -0.05) is 31.1 Å². The van der Waals surface area contributed by atoms with Crippen molar-refractivity contribution < 1.29 is 68.8 Å². The molecule has 4 aliphatic carbocycles. The molecule has 0 radical (unpaired) electrons. The van der Waals surface area contributed by atoms with Crippen molar-refractivity contribution in [2.45, 2.75) is 129 Å². The number of fused-ring (bicyclic) bond motifs is 7. The van der Waals surface area contributed by atoms with Gasteiger partial charge >= 0.3 is 17.9 Å². The van der Waals surface area contributed by atoms with Crippen molar-refractivity contribution in [1.82, 2.24) is 0 Å². The number of rotatable bonds is 8. The molecule has 0 aromatic heterocycles. The van der Waals surface area contributed by atoms with Crippen LogP contribution in [-0.2, 0) is 38.1 Å². The highest BCUT2D eigenvalue weighted by Crippen LogP contribution is 2.74. The second-order valence-corrected chi connectivity index (χ2v) is 17.0. The number of ether oxygens (including phenoxy) is 4. The van der Waals surface area contributed by atoms with Gasteiger partial charge in [0.25, 0.3) is 0 Å². The minimum Gasteiger partial charge on any atom is -0.462 e. The number of aliphatic hydroxyl groups is 6. The molecule has 2 heterocycles. The largest absolute Gasteiger partial charge is 0.462 e. The van der Waals surface area contributed by atoms with Gasteiger partial charge in [-0.3, -0.25) is 19.2 Å². The fourth-order valence-electron chi connectivity index (χ4n) is 11.6. The number of aliphatic hydroxyl groups excluding tert-OH is 6. The summed E-state index contributed by atoms with van der Waals surface area (Å²) in [5.41, 5.74) is -2.57. The molecule has 0 bridgehead atoms. The molecule has 16 atom stereocenters. The summed E-state index contributed by atoms with van der Waals surface area (Å²) in [4.78, 5) is 53.0. The second kappa shape index (κ2) is 13.5. The molecule has 0 unspecified atom stereocenters. The molecule has 5 fully saturated rings. The first-order valence-corrected chi connectivity index (χ1v) is 18.4. The molecule has 0 aromatic carbocycles. The Labute approximate surface area is 303 Å². The first-order chi connectivity index (χ1) is 24.3. The molecule has 52 heavy (non-hydrogen) atoms.